The number of methoxy groups -OCH3 is 1. The molecule has 1 amide bonds. The Balaban J connectivity index is 2.12. The second-order valence-corrected chi connectivity index (χ2v) is 8.17. The van der Waals surface area contributed by atoms with E-state index in [1.807, 2.05) is 81.5 Å². The van der Waals surface area contributed by atoms with Gasteiger partial charge in [0.15, 0.2) is 0 Å². The Labute approximate surface area is 183 Å². The van der Waals surface area contributed by atoms with Crippen molar-refractivity contribution in [3.63, 3.8) is 0 Å². The first-order valence-electron chi connectivity index (χ1n) is 9.77. The molecular weight excluding hydrogens is 398 g/mol. The van der Waals surface area contributed by atoms with Gasteiger partial charge in [0.1, 0.15) is 5.60 Å². The van der Waals surface area contributed by atoms with Crippen molar-refractivity contribution < 1.29 is 19.1 Å². The topological polar surface area (TPSA) is 64.6 Å². The number of hydrogen-bond donors (Lipinski definition) is 2. The molecule has 0 aromatic heterocycles. The summed E-state index contributed by atoms with van der Waals surface area (Å²) in [7, 11) is 1.38. The quantitative estimate of drug-likeness (QED) is 0.368. The van der Waals surface area contributed by atoms with Gasteiger partial charge in [-0.1, -0.05) is 54.6 Å². The Morgan fingerprint density at radius 3 is 2.43 bits per heavy atom. The lowest BCUT2D eigenvalue weighted by atomic mass is 9.96. The van der Waals surface area contributed by atoms with Crippen LogP contribution in [0.25, 0.3) is 11.1 Å². The summed E-state index contributed by atoms with van der Waals surface area (Å²) in [6, 6.07) is 15.2. The molecule has 0 aliphatic heterocycles. The third-order valence-corrected chi connectivity index (χ3v) is 4.59. The van der Waals surface area contributed by atoms with Gasteiger partial charge in [-0.25, -0.2) is 9.59 Å². The first kappa shape index (κ1) is 23.5. The number of thiol groups is 1. The van der Waals surface area contributed by atoms with Crippen LogP contribution in [0.1, 0.15) is 36.7 Å². The smallest absolute Gasteiger partial charge is 0.408 e. The molecule has 0 saturated heterocycles. The minimum absolute atomic E-state index is 0.258. The molecule has 5 nitrogen and oxygen atoms in total. The number of allylic oxidation sites excluding steroid dienone is 1. The van der Waals surface area contributed by atoms with E-state index in [1.54, 1.807) is 0 Å². The highest BCUT2D eigenvalue weighted by Gasteiger charge is 2.18. The minimum atomic E-state index is -0.556. The highest BCUT2D eigenvalue weighted by Crippen LogP contribution is 2.25. The summed E-state index contributed by atoms with van der Waals surface area (Å²) in [6.07, 6.45) is 3.93. The number of carbonyl (C=O) groups is 2. The zero-order valence-corrected chi connectivity index (χ0v) is 18.7. The van der Waals surface area contributed by atoms with Crippen molar-refractivity contribution in [2.45, 2.75) is 38.8 Å². The Kier molecular flexibility index (Phi) is 8.54. The lowest BCUT2D eigenvalue weighted by Crippen LogP contribution is -2.39. The van der Waals surface area contributed by atoms with E-state index in [2.05, 4.69) is 17.9 Å². The van der Waals surface area contributed by atoms with E-state index in [1.165, 1.54) is 7.11 Å². The summed E-state index contributed by atoms with van der Waals surface area (Å²) in [5.41, 5.74) is 2.71. The van der Waals surface area contributed by atoms with Gasteiger partial charge >= 0.3 is 12.1 Å². The standard InChI is InChI=1S/C24H29NO4S/c1-24(2,3)29-23(27)25-19(16-30)12-8-9-17-13-14-20(18-10-6-5-7-11-18)21(15-17)22(26)28-4/h5-8,10-15,19,30H,9,16H2,1-4H3,(H,25,27)/b12-8+. The molecule has 2 rings (SSSR count). The van der Waals surface area contributed by atoms with Crippen LogP contribution in [0.5, 0.6) is 0 Å². The van der Waals surface area contributed by atoms with Crippen LogP contribution in [0, 0.1) is 0 Å². The number of rotatable bonds is 7. The van der Waals surface area contributed by atoms with E-state index in [0.717, 1.165) is 16.7 Å². The van der Waals surface area contributed by atoms with Crippen molar-refractivity contribution in [2.24, 2.45) is 0 Å². The number of alkyl carbamates (subject to hydrolysis) is 1. The van der Waals surface area contributed by atoms with Crippen LogP contribution in [-0.4, -0.2) is 36.6 Å². The lowest BCUT2D eigenvalue weighted by molar-refractivity contribution is 0.0517. The first-order chi connectivity index (χ1) is 14.2. The fourth-order valence-corrected chi connectivity index (χ4v) is 3.06. The SMILES string of the molecule is COC(=O)c1cc(C/C=C/C(CS)NC(=O)OC(C)(C)C)ccc1-c1ccccc1. The van der Waals surface area contributed by atoms with Crippen LogP contribution in [0.4, 0.5) is 4.79 Å². The highest BCUT2D eigenvalue weighted by molar-refractivity contribution is 7.80. The van der Waals surface area contributed by atoms with Crippen molar-refractivity contribution in [1.29, 1.82) is 0 Å². The third kappa shape index (κ3) is 7.26. The van der Waals surface area contributed by atoms with Gasteiger partial charge < -0.3 is 14.8 Å². The van der Waals surface area contributed by atoms with E-state index in [4.69, 9.17) is 9.47 Å². The predicted molar refractivity (Wildman–Crippen MR) is 123 cm³/mol. The molecule has 0 saturated carbocycles. The van der Waals surface area contributed by atoms with Gasteiger partial charge in [0.05, 0.1) is 18.7 Å². The molecule has 0 radical (unpaired) electrons. The number of hydrogen-bond acceptors (Lipinski definition) is 5. The van der Waals surface area contributed by atoms with Crippen LogP contribution in [-0.2, 0) is 15.9 Å². The molecule has 6 heteroatoms. The van der Waals surface area contributed by atoms with Crippen LogP contribution in [0.3, 0.4) is 0 Å². The average molecular weight is 428 g/mol. The van der Waals surface area contributed by atoms with E-state index >= 15 is 0 Å². The summed E-state index contributed by atoms with van der Waals surface area (Å²) >= 11 is 4.29. The zero-order valence-electron chi connectivity index (χ0n) is 17.8. The fraction of sp³-hybridized carbons (Fsp3) is 0.333. The molecule has 1 atom stereocenters. The molecule has 1 N–H and O–H groups in total. The van der Waals surface area contributed by atoms with Gasteiger partial charge in [0.2, 0.25) is 0 Å². The van der Waals surface area contributed by atoms with Crippen molar-refractivity contribution in [2.75, 3.05) is 12.9 Å². The first-order valence-corrected chi connectivity index (χ1v) is 10.4. The second-order valence-electron chi connectivity index (χ2n) is 7.81. The third-order valence-electron chi connectivity index (χ3n) is 4.19. The Morgan fingerprint density at radius 2 is 1.83 bits per heavy atom. The number of carbonyl (C=O) groups excluding carboxylic acids is 2. The summed E-state index contributed by atoms with van der Waals surface area (Å²) < 4.78 is 10.2. The maximum Gasteiger partial charge on any atom is 0.408 e. The van der Waals surface area contributed by atoms with Gasteiger partial charge in [0, 0.05) is 5.75 Å². The van der Waals surface area contributed by atoms with E-state index in [0.29, 0.717) is 17.7 Å². The second kappa shape index (κ2) is 10.9. The molecular formula is C24H29NO4S. The number of ether oxygens (including phenoxy) is 2. The molecule has 30 heavy (non-hydrogen) atoms. The summed E-state index contributed by atoms with van der Waals surface area (Å²) in [6.45, 7) is 5.45. The van der Waals surface area contributed by atoms with Crippen LogP contribution < -0.4 is 5.32 Å². The monoisotopic (exact) mass is 427 g/mol. The Bertz CT molecular complexity index is 888. The number of amides is 1. The molecule has 0 fully saturated rings. The molecule has 160 valence electrons. The van der Waals surface area contributed by atoms with Crippen molar-refractivity contribution in [1.82, 2.24) is 5.32 Å². The molecule has 2 aromatic rings. The molecule has 2 aromatic carbocycles. The van der Waals surface area contributed by atoms with Crippen LogP contribution in [0.2, 0.25) is 0 Å². The molecule has 0 bridgehead atoms. The maximum absolute atomic E-state index is 12.3. The number of benzene rings is 2. The van der Waals surface area contributed by atoms with E-state index in [-0.39, 0.29) is 12.0 Å². The Hall–Kier alpha value is -2.73. The summed E-state index contributed by atoms with van der Waals surface area (Å²) in [4.78, 5) is 24.2. The molecule has 0 aliphatic carbocycles. The molecule has 1 unspecified atom stereocenters. The maximum atomic E-state index is 12.3. The van der Waals surface area contributed by atoms with Gasteiger partial charge in [-0.3, -0.25) is 0 Å². The Morgan fingerprint density at radius 1 is 1.13 bits per heavy atom. The molecule has 0 heterocycles. The largest absolute Gasteiger partial charge is 0.465 e. The van der Waals surface area contributed by atoms with Crippen molar-refractivity contribution >= 4 is 24.7 Å². The number of nitrogens with one attached hydrogen (secondary N) is 1. The van der Waals surface area contributed by atoms with Gasteiger partial charge in [-0.15, -0.1) is 0 Å². The normalized spacial score (nSPS) is 12.4. The van der Waals surface area contributed by atoms with Crippen LogP contribution in [0.15, 0.2) is 60.7 Å². The lowest BCUT2D eigenvalue weighted by Gasteiger charge is -2.21. The van der Waals surface area contributed by atoms with Gasteiger partial charge in [-0.05, 0) is 49.9 Å². The van der Waals surface area contributed by atoms with Gasteiger partial charge in [-0.2, -0.15) is 12.6 Å². The predicted octanol–water partition coefficient (Wildman–Crippen LogP) is 5.06. The summed E-state index contributed by atoms with van der Waals surface area (Å²) in [5.74, 6) is 0.0651. The van der Waals surface area contributed by atoms with Crippen LogP contribution >= 0.6 is 12.6 Å². The van der Waals surface area contributed by atoms with E-state index < -0.39 is 11.7 Å². The number of esters is 1. The van der Waals surface area contributed by atoms with Crippen molar-refractivity contribution in [3.8, 4) is 11.1 Å². The summed E-state index contributed by atoms with van der Waals surface area (Å²) in [5, 5.41) is 2.78. The minimum Gasteiger partial charge on any atom is -0.465 e. The average Bonchev–Trinajstić information content (AvgIpc) is 2.71. The molecule has 0 spiro atoms. The van der Waals surface area contributed by atoms with Gasteiger partial charge in [0.25, 0.3) is 0 Å². The molecule has 0 aliphatic rings. The fourth-order valence-electron chi connectivity index (χ4n) is 2.85. The van der Waals surface area contributed by atoms with E-state index in [9.17, 15) is 9.59 Å². The van der Waals surface area contributed by atoms with Crippen molar-refractivity contribution in [3.05, 3.63) is 71.8 Å². The zero-order chi connectivity index (χ0) is 22.1. The highest BCUT2D eigenvalue weighted by atomic mass is 32.1.